The minimum atomic E-state index is 0.523. The van der Waals surface area contributed by atoms with Crippen molar-refractivity contribution in [3.63, 3.8) is 0 Å². The van der Waals surface area contributed by atoms with Crippen LogP contribution < -0.4 is 5.32 Å². The molecule has 4 nitrogen and oxygen atoms in total. The van der Waals surface area contributed by atoms with Gasteiger partial charge in [0.25, 0.3) is 0 Å². The first-order valence-electron chi connectivity index (χ1n) is 8.27. The van der Waals surface area contributed by atoms with Gasteiger partial charge in [0.05, 0.1) is 15.9 Å². The van der Waals surface area contributed by atoms with Gasteiger partial charge in [0, 0.05) is 26.7 Å². The van der Waals surface area contributed by atoms with Crippen LogP contribution in [0, 0.1) is 5.41 Å². The largest absolute Gasteiger partial charge is 0.316 e. The SMILES string of the molecule is CCc1nn(C)c(CN2CCCC3(CCCNC3)C2)c1Br. The monoisotopic (exact) mass is 354 g/mol. The maximum absolute atomic E-state index is 4.63. The van der Waals surface area contributed by atoms with Crippen molar-refractivity contribution in [2.24, 2.45) is 12.5 Å². The Kier molecular flexibility index (Phi) is 4.71. The fourth-order valence-electron chi connectivity index (χ4n) is 4.03. The molecule has 2 saturated heterocycles. The molecule has 2 fully saturated rings. The van der Waals surface area contributed by atoms with Gasteiger partial charge < -0.3 is 5.32 Å². The van der Waals surface area contributed by atoms with E-state index in [2.05, 4.69) is 49.9 Å². The van der Waals surface area contributed by atoms with Crippen molar-refractivity contribution in [2.75, 3.05) is 26.2 Å². The van der Waals surface area contributed by atoms with E-state index in [1.54, 1.807) is 0 Å². The number of hydrogen-bond donors (Lipinski definition) is 1. The summed E-state index contributed by atoms with van der Waals surface area (Å²) in [4.78, 5) is 2.64. The van der Waals surface area contributed by atoms with Crippen molar-refractivity contribution in [1.29, 1.82) is 0 Å². The quantitative estimate of drug-likeness (QED) is 0.905. The lowest BCUT2D eigenvalue weighted by molar-refractivity contribution is 0.0585. The number of halogens is 1. The summed E-state index contributed by atoms with van der Waals surface area (Å²) < 4.78 is 3.28. The van der Waals surface area contributed by atoms with Crippen LogP contribution in [0.2, 0.25) is 0 Å². The summed E-state index contributed by atoms with van der Waals surface area (Å²) in [5, 5.41) is 8.24. The van der Waals surface area contributed by atoms with Crippen LogP contribution >= 0.6 is 15.9 Å². The topological polar surface area (TPSA) is 33.1 Å². The molecule has 118 valence electrons. The molecule has 2 aliphatic heterocycles. The number of hydrogen-bond acceptors (Lipinski definition) is 3. The molecule has 1 N–H and O–H groups in total. The Hall–Kier alpha value is -0.390. The lowest BCUT2D eigenvalue weighted by atomic mass is 9.74. The van der Waals surface area contributed by atoms with Crippen LogP contribution in [-0.2, 0) is 20.0 Å². The van der Waals surface area contributed by atoms with E-state index in [9.17, 15) is 0 Å². The van der Waals surface area contributed by atoms with E-state index in [0.29, 0.717) is 5.41 Å². The van der Waals surface area contributed by atoms with Gasteiger partial charge in [-0.1, -0.05) is 6.92 Å². The molecule has 0 amide bonds. The van der Waals surface area contributed by atoms with Crippen LogP contribution in [-0.4, -0.2) is 40.9 Å². The zero-order chi connectivity index (χ0) is 14.9. The van der Waals surface area contributed by atoms with Crippen molar-refractivity contribution in [2.45, 2.75) is 45.6 Å². The first-order valence-corrected chi connectivity index (χ1v) is 9.06. The number of likely N-dealkylation sites (tertiary alicyclic amines) is 1. The molecule has 3 rings (SSSR count). The molecule has 1 atom stereocenters. The zero-order valence-corrected chi connectivity index (χ0v) is 14.9. The molecule has 1 aromatic rings. The second-order valence-electron chi connectivity index (χ2n) is 6.78. The standard InChI is InChI=1S/C16H27BrN4/c1-3-13-15(17)14(20(2)19-13)10-21-9-5-7-16(12-21)6-4-8-18-11-16/h18H,3-12H2,1-2H3. The van der Waals surface area contributed by atoms with Crippen LogP contribution in [0.25, 0.3) is 0 Å². The van der Waals surface area contributed by atoms with Gasteiger partial charge in [0.2, 0.25) is 0 Å². The van der Waals surface area contributed by atoms with Gasteiger partial charge in [-0.2, -0.15) is 5.10 Å². The lowest BCUT2D eigenvalue weighted by Gasteiger charge is -2.45. The molecule has 3 heterocycles. The Morgan fingerprint density at radius 1 is 1.33 bits per heavy atom. The van der Waals surface area contributed by atoms with E-state index in [-0.39, 0.29) is 0 Å². The molecule has 5 heteroatoms. The molecular weight excluding hydrogens is 328 g/mol. The van der Waals surface area contributed by atoms with E-state index < -0.39 is 0 Å². The average molecular weight is 355 g/mol. The van der Waals surface area contributed by atoms with Gasteiger partial charge in [-0.3, -0.25) is 9.58 Å². The van der Waals surface area contributed by atoms with Crippen LogP contribution in [0.15, 0.2) is 4.47 Å². The highest BCUT2D eigenvalue weighted by Gasteiger charge is 2.36. The predicted molar refractivity (Wildman–Crippen MR) is 89.3 cm³/mol. The van der Waals surface area contributed by atoms with Crippen molar-refractivity contribution in [3.8, 4) is 0 Å². The fourth-order valence-corrected chi connectivity index (χ4v) is 4.77. The molecule has 1 unspecified atom stereocenters. The molecule has 0 aliphatic carbocycles. The highest BCUT2D eigenvalue weighted by Crippen LogP contribution is 2.36. The summed E-state index contributed by atoms with van der Waals surface area (Å²) in [5.41, 5.74) is 3.03. The minimum absolute atomic E-state index is 0.523. The first kappa shape index (κ1) is 15.5. The maximum Gasteiger partial charge on any atom is 0.0767 e. The van der Waals surface area contributed by atoms with Crippen molar-refractivity contribution in [3.05, 3.63) is 15.9 Å². The van der Waals surface area contributed by atoms with Gasteiger partial charge >= 0.3 is 0 Å². The number of nitrogens with one attached hydrogen (secondary N) is 1. The Labute approximate surface area is 136 Å². The number of aryl methyl sites for hydroxylation is 2. The summed E-state index contributed by atoms with van der Waals surface area (Å²) >= 11 is 3.75. The Morgan fingerprint density at radius 3 is 2.81 bits per heavy atom. The van der Waals surface area contributed by atoms with Gasteiger partial charge in [0.15, 0.2) is 0 Å². The van der Waals surface area contributed by atoms with E-state index >= 15 is 0 Å². The number of piperidine rings is 2. The minimum Gasteiger partial charge on any atom is -0.316 e. The van der Waals surface area contributed by atoms with Gasteiger partial charge in [-0.05, 0) is 66.5 Å². The normalized spacial score (nSPS) is 27.4. The second-order valence-corrected chi connectivity index (χ2v) is 7.57. The highest BCUT2D eigenvalue weighted by atomic mass is 79.9. The predicted octanol–water partition coefficient (Wildman–Crippen LogP) is 2.71. The van der Waals surface area contributed by atoms with Crippen LogP contribution in [0.3, 0.4) is 0 Å². The second kappa shape index (κ2) is 6.39. The highest BCUT2D eigenvalue weighted by molar-refractivity contribution is 9.10. The molecule has 2 aliphatic rings. The van der Waals surface area contributed by atoms with Crippen LogP contribution in [0.1, 0.15) is 44.0 Å². The number of nitrogens with zero attached hydrogens (tertiary/aromatic N) is 3. The molecule has 0 bridgehead atoms. The molecule has 0 radical (unpaired) electrons. The van der Waals surface area contributed by atoms with Crippen molar-refractivity contribution >= 4 is 15.9 Å². The third-order valence-corrected chi connectivity index (χ3v) is 6.09. The van der Waals surface area contributed by atoms with E-state index in [1.165, 1.54) is 67.7 Å². The number of rotatable bonds is 3. The van der Waals surface area contributed by atoms with Gasteiger partial charge in [-0.25, -0.2) is 0 Å². The fraction of sp³-hybridized carbons (Fsp3) is 0.812. The third-order valence-electron chi connectivity index (χ3n) is 5.18. The molecule has 1 spiro atoms. The van der Waals surface area contributed by atoms with Crippen molar-refractivity contribution in [1.82, 2.24) is 20.0 Å². The first-order chi connectivity index (χ1) is 10.1. The summed E-state index contributed by atoms with van der Waals surface area (Å²) in [6, 6.07) is 0. The van der Waals surface area contributed by atoms with E-state index in [4.69, 9.17) is 0 Å². The molecule has 1 aromatic heterocycles. The zero-order valence-electron chi connectivity index (χ0n) is 13.3. The summed E-state index contributed by atoms with van der Waals surface area (Å²) in [6.45, 7) is 8.05. The Balaban J connectivity index is 1.71. The Bertz CT molecular complexity index is 485. The molecule has 0 saturated carbocycles. The van der Waals surface area contributed by atoms with Crippen LogP contribution in [0.4, 0.5) is 0 Å². The van der Waals surface area contributed by atoms with Gasteiger partial charge in [0.1, 0.15) is 0 Å². The summed E-state index contributed by atoms with van der Waals surface area (Å²) in [6.07, 6.45) is 6.44. The third kappa shape index (κ3) is 3.20. The smallest absolute Gasteiger partial charge is 0.0767 e. The lowest BCUT2D eigenvalue weighted by Crippen LogP contribution is -2.50. The maximum atomic E-state index is 4.63. The van der Waals surface area contributed by atoms with E-state index in [1.807, 2.05) is 0 Å². The average Bonchev–Trinajstić information content (AvgIpc) is 2.76. The number of aromatic nitrogens is 2. The molecular formula is C16H27BrN4. The molecule has 21 heavy (non-hydrogen) atoms. The molecule has 0 aromatic carbocycles. The van der Waals surface area contributed by atoms with Crippen LogP contribution in [0.5, 0.6) is 0 Å². The summed E-state index contributed by atoms with van der Waals surface area (Å²) in [5.74, 6) is 0. The van der Waals surface area contributed by atoms with Gasteiger partial charge in [-0.15, -0.1) is 0 Å². The Morgan fingerprint density at radius 2 is 2.14 bits per heavy atom. The van der Waals surface area contributed by atoms with E-state index in [0.717, 1.165) is 13.0 Å². The van der Waals surface area contributed by atoms with Crippen molar-refractivity contribution < 1.29 is 0 Å². The summed E-state index contributed by atoms with van der Waals surface area (Å²) in [7, 11) is 2.07.